The molecule has 0 aliphatic carbocycles. The van der Waals surface area contributed by atoms with Crippen LogP contribution in [0.15, 0.2) is 33.2 Å². The molecule has 4 rings (SSSR count). The van der Waals surface area contributed by atoms with Gasteiger partial charge < -0.3 is 29.3 Å². The number of hydrogen-bond donors (Lipinski definition) is 3. The van der Waals surface area contributed by atoms with E-state index < -0.39 is 24.0 Å². The number of oxazole rings is 1. The first-order chi connectivity index (χ1) is 13.9. The Morgan fingerprint density at radius 1 is 1.38 bits per heavy atom. The number of aliphatic hydroxyl groups excluding tert-OH is 1. The van der Waals surface area contributed by atoms with Gasteiger partial charge in [-0.3, -0.25) is 9.59 Å². The summed E-state index contributed by atoms with van der Waals surface area (Å²) >= 11 is 0. The summed E-state index contributed by atoms with van der Waals surface area (Å²) in [7, 11) is 0. The van der Waals surface area contributed by atoms with Crippen molar-refractivity contribution in [2.24, 2.45) is 0 Å². The van der Waals surface area contributed by atoms with Crippen molar-refractivity contribution in [2.45, 2.75) is 32.4 Å². The van der Waals surface area contributed by atoms with Gasteiger partial charge in [0.15, 0.2) is 11.7 Å². The average molecular weight is 399 g/mol. The summed E-state index contributed by atoms with van der Waals surface area (Å²) < 4.78 is 16.8. The third-order valence-corrected chi connectivity index (χ3v) is 5.01. The number of amides is 2. The number of carbonyl (C=O) groups excluding carboxylic acids is 2. The van der Waals surface area contributed by atoms with Gasteiger partial charge in [0, 0.05) is 18.9 Å². The molecule has 1 aromatic carbocycles. The Kier molecular flexibility index (Phi) is 4.75. The highest BCUT2D eigenvalue weighted by molar-refractivity contribution is 6.09. The zero-order valence-corrected chi connectivity index (χ0v) is 16.1. The van der Waals surface area contributed by atoms with Crippen LogP contribution in [0.2, 0.25) is 0 Å². The third-order valence-electron chi connectivity index (χ3n) is 5.01. The van der Waals surface area contributed by atoms with Crippen molar-refractivity contribution < 1.29 is 28.3 Å². The fraction of sp³-hybridized carbons (Fsp3) is 0.350. The van der Waals surface area contributed by atoms with Crippen LogP contribution in [0.3, 0.4) is 0 Å². The Labute approximate surface area is 166 Å². The lowest BCUT2D eigenvalue weighted by Crippen LogP contribution is -2.56. The van der Waals surface area contributed by atoms with Gasteiger partial charge in [-0.05, 0) is 31.5 Å². The van der Waals surface area contributed by atoms with Gasteiger partial charge >= 0.3 is 0 Å². The predicted octanol–water partition coefficient (Wildman–Crippen LogP) is 1.60. The molecule has 1 fully saturated rings. The van der Waals surface area contributed by atoms with Gasteiger partial charge in [0.05, 0.1) is 18.4 Å². The van der Waals surface area contributed by atoms with Gasteiger partial charge in [0.25, 0.3) is 5.91 Å². The average Bonchev–Trinajstić information content (AvgIpc) is 3.36. The van der Waals surface area contributed by atoms with Crippen LogP contribution in [-0.2, 0) is 11.4 Å². The largest absolute Gasteiger partial charge is 0.486 e. The first kappa shape index (κ1) is 19.0. The van der Waals surface area contributed by atoms with E-state index in [0.29, 0.717) is 52.7 Å². The second-order valence-corrected chi connectivity index (χ2v) is 7.03. The number of furan rings is 1. The van der Waals surface area contributed by atoms with Gasteiger partial charge in [0.2, 0.25) is 5.91 Å². The van der Waals surface area contributed by atoms with Crippen molar-refractivity contribution in [3.05, 3.63) is 47.4 Å². The van der Waals surface area contributed by atoms with Crippen LogP contribution in [0, 0.1) is 13.8 Å². The molecule has 3 N–H and O–H groups in total. The molecule has 9 heteroatoms. The Hall–Kier alpha value is -3.33. The number of carbonyl (C=O) groups is 2. The van der Waals surface area contributed by atoms with Crippen LogP contribution in [-0.4, -0.2) is 40.6 Å². The summed E-state index contributed by atoms with van der Waals surface area (Å²) in [5, 5.41) is 15.6. The van der Waals surface area contributed by atoms with Crippen LogP contribution in [0.4, 0.5) is 0 Å². The summed E-state index contributed by atoms with van der Waals surface area (Å²) in [6.45, 7) is 3.53. The van der Waals surface area contributed by atoms with Crippen LogP contribution in [0.5, 0.6) is 5.75 Å². The Morgan fingerprint density at radius 3 is 2.86 bits per heavy atom. The maximum Gasteiger partial charge on any atom is 0.256 e. The number of nitrogens with one attached hydrogen (secondary N) is 2. The quantitative estimate of drug-likeness (QED) is 0.574. The number of nitrogens with zero attached hydrogens (tertiary/aromatic N) is 1. The Balaban J connectivity index is 1.60. The molecule has 0 saturated carbocycles. The van der Waals surface area contributed by atoms with E-state index in [1.807, 2.05) is 0 Å². The topological polar surface area (TPSA) is 127 Å². The summed E-state index contributed by atoms with van der Waals surface area (Å²) in [5.74, 6) is 1.18. The minimum absolute atomic E-state index is 0.193. The third kappa shape index (κ3) is 3.44. The molecule has 1 saturated heterocycles. The molecule has 0 spiro atoms. The number of aliphatic hydroxyl groups is 1. The molecule has 1 aliphatic heterocycles. The first-order valence-corrected chi connectivity index (χ1v) is 9.21. The van der Waals surface area contributed by atoms with Crippen LogP contribution in [0.25, 0.3) is 11.0 Å². The summed E-state index contributed by atoms with van der Waals surface area (Å²) in [6, 6.07) is 5.14. The van der Waals surface area contributed by atoms with Gasteiger partial charge in [0.1, 0.15) is 29.2 Å². The highest BCUT2D eigenvalue weighted by atomic mass is 16.5. The molecule has 0 radical (unpaired) electrons. The highest BCUT2D eigenvalue weighted by Gasteiger charge is 2.44. The van der Waals surface area contributed by atoms with E-state index in [-0.39, 0.29) is 6.61 Å². The van der Waals surface area contributed by atoms with E-state index in [0.717, 1.165) is 0 Å². The molecule has 152 valence electrons. The van der Waals surface area contributed by atoms with Crippen molar-refractivity contribution in [2.75, 3.05) is 13.2 Å². The van der Waals surface area contributed by atoms with Crippen LogP contribution in [0.1, 0.15) is 34.2 Å². The fourth-order valence-corrected chi connectivity index (χ4v) is 3.46. The van der Waals surface area contributed by atoms with Gasteiger partial charge in [-0.2, -0.15) is 0 Å². The van der Waals surface area contributed by atoms with Crippen molar-refractivity contribution in [3.63, 3.8) is 0 Å². The minimum Gasteiger partial charge on any atom is -0.486 e. The number of rotatable bonds is 6. The van der Waals surface area contributed by atoms with Gasteiger partial charge in [-0.15, -0.1) is 0 Å². The lowest BCUT2D eigenvalue weighted by molar-refractivity contribution is -0.125. The zero-order valence-electron chi connectivity index (χ0n) is 16.1. The van der Waals surface area contributed by atoms with Crippen LogP contribution < -0.4 is 15.4 Å². The number of ether oxygens (including phenoxy) is 1. The monoisotopic (exact) mass is 399 g/mol. The maximum absolute atomic E-state index is 13.0. The summed E-state index contributed by atoms with van der Waals surface area (Å²) in [5.41, 5.74) is -0.510. The Bertz CT molecular complexity index is 1090. The van der Waals surface area contributed by atoms with Gasteiger partial charge in [-0.1, -0.05) is 0 Å². The summed E-state index contributed by atoms with van der Waals surface area (Å²) in [6.07, 6.45) is 1.91. The second kappa shape index (κ2) is 7.25. The lowest BCUT2D eigenvalue weighted by atomic mass is 9.97. The molecule has 9 nitrogen and oxygen atoms in total. The number of hydrogen-bond acceptors (Lipinski definition) is 7. The number of fused-ring (bicyclic) bond motifs is 1. The molecule has 3 aromatic rings. The second-order valence-electron chi connectivity index (χ2n) is 7.03. The number of aryl methyl sites for hydroxylation is 2. The lowest BCUT2D eigenvalue weighted by Gasteiger charge is -2.24. The molecule has 1 atom stereocenters. The van der Waals surface area contributed by atoms with Crippen LogP contribution >= 0.6 is 0 Å². The molecular weight excluding hydrogens is 378 g/mol. The van der Waals surface area contributed by atoms with Gasteiger partial charge in [-0.25, -0.2) is 4.98 Å². The van der Waals surface area contributed by atoms with E-state index in [2.05, 4.69) is 15.6 Å². The normalized spacial score (nSPS) is 18.8. The molecule has 1 unspecified atom stereocenters. The molecule has 2 aromatic heterocycles. The molecular formula is C20H21N3O6. The molecule has 2 amide bonds. The van der Waals surface area contributed by atoms with E-state index in [4.69, 9.17) is 13.6 Å². The van der Waals surface area contributed by atoms with E-state index in [1.165, 1.54) is 0 Å². The SMILES string of the molecule is Cc1ncc(COc2ccc3oc(C)c(C(=O)NC4(CO)CCNC4=O)c3c2)o1. The van der Waals surface area contributed by atoms with Crippen molar-refractivity contribution >= 4 is 22.8 Å². The van der Waals surface area contributed by atoms with Crippen molar-refractivity contribution in [3.8, 4) is 5.75 Å². The summed E-state index contributed by atoms with van der Waals surface area (Å²) in [4.78, 5) is 29.1. The molecule has 0 bridgehead atoms. The molecule has 29 heavy (non-hydrogen) atoms. The smallest absolute Gasteiger partial charge is 0.256 e. The van der Waals surface area contributed by atoms with E-state index in [9.17, 15) is 14.7 Å². The zero-order chi connectivity index (χ0) is 20.6. The highest BCUT2D eigenvalue weighted by Crippen LogP contribution is 2.30. The predicted molar refractivity (Wildman–Crippen MR) is 101 cm³/mol. The maximum atomic E-state index is 13.0. The van der Waals surface area contributed by atoms with Crippen molar-refractivity contribution in [1.29, 1.82) is 0 Å². The molecule has 3 heterocycles. The fourth-order valence-electron chi connectivity index (χ4n) is 3.46. The number of aromatic nitrogens is 1. The Morgan fingerprint density at radius 2 is 2.21 bits per heavy atom. The van der Waals surface area contributed by atoms with E-state index in [1.54, 1.807) is 38.2 Å². The first-order valence-electron chi connectivity index (χ1n) is 9.21. The minimum atomic E-state index is -1.33. The molecule has 1 aliphatic rings. The van der Waals surface area contributed by atoms with Crippen molar-refractivity contribution in [1.82, 2.24) is 15.6 Å². The number of benzene rings is 1. The van der Waals surface area contributed by atoms with E-state index >= 15 is 0 Å². The standard InChI is InChI=1S/C20H21N3O6/c1-11-17(18(25)23-20(10-24)5-6-21-19(20)26)15-7-13(3-4-16(15)28-11)27-9-14-8-22-12(2)29-14/h3-4,7-8,24H,5-6,9-10H2,1-2H3,(H,21,26)(H,23,25).